The van der Waals surface area contributed by atoms with Gasteiger partial charge in [-0.05, 0) is 41.5 Å². The first-order valence-corrected chi connectivity index (χ1v) is 17.7. The molecule has 4 nitrogen and oxygen atoms in total. The van der Waals surface area contributed by atoms with E-state index in [1.807, 2.05) is 23.5 Å². The molecule has 2 aromatic heterocycles. The predicted octanol–water partition coefficient (Wildman–Crippen LogP) is 11.3. The van der Waals surface area contributed by atoms with Gasteiger partial charge in [0.1, 0.15) is 11.7 Å². The van der Waals surface area contributed by atoms with Crippen molar-refractivity contribution in [2.24, 2.45) is 9.98 Å². The van der Waals surface area contributed by atoms with E-state index in [2.05, 4.69) is 168 Å². The topological polar surface area (TPSA) is 41.7 Å². The summed E-state index contributed by atoms with van der Waals surface area (Å²) in [6.45, 7) is 0. The van der Waals surface area contributed by atoms with Crippen LogP contribution in [0.4, 0.5) is 0 Å². The predicted molar refractivity (Wildman–Crippen MR) is 211 cm³/mol. The van der Waals surface area contributed by atoms with Crippen molar-refractivity contribution in [2.45, 2.75) is 6.17 Å². The molecule has 0 aliphatic carbocycles. The summed E-state index contributed by atoms with van der Waals surface area (Å²) in [6, 6.07) is 60.1. The van der Waals surface area contributed by atoms with Gasteiger partial charge in [0.15, 0.2) is 6.17 Å². The third-order valence-corrected chi connectivity index (χ3v) is 10.8. The number of hydrogen-bond donors (Lipinski definition) is 1. The van der Waals surface area contributed by atoms with Gasteiger partial charge in [-0.3, -0.25) is 0 Å². The molecule has 0 spiro atoms. The first-order chi connectivity index (χ1) is 24.8. The molecule has 50 heavy (non-hydrogen) atoms. The minimum atomic E-state index is -0.479. The van der Waals surface area contributed by atoms with E-state index in [-0.39, 0.29) is 0 Å². The van der Waals surface area contributed by atoms with Crippen molar-refractivity contribution in [2.75, 3.05) is 0 Å². The Morgan fingerprint density at radius 3 is 1.96 bits per heavy atom. The number of nitrogens with one attached hydrogen (secondary N) is 1. The normalized spacial score (nSPS) is 14.6. The van der Waals surface area contributed by atoms with E-state index >= 15 is 0 Å². The number of rotatable bonds is 5. The van der Waals surface area contributed by atoms with E-state index in [4.69, 9.17) is 9.98 Å². The summed E-state index contributed by atoms with van der Waals surface area (Å²) in [5, 5.41) is 8.66. The Morgan fingerprint density at radius 2 is 1.12 bits per heavy atom. The number of nitrogens with zero attached hydrogens (tertiary/aromatic N) is 3. The van der Waals surface area contributed by atoms with Gasteiger partial charge in [0, 0.05) is 47.6 Å². The van der Waals surface area contributed by atoms with Crippen LogP contribution in [0.2, 0.25) is 0 Å². The lowest BCUT2D eigenvalue weighted by Crippen LogP contribution is -2.36. The van der Waals surface area contributed by atoms with Gasteiger partial charge >= 0.3 is 0 Å². The standard InChI is InChI=1S/C45H30N4S/c1-3-14-29(15-4-1)31-18-13-19-32(28-31)44-46-43(30-16-5-2-6-17-30)47-45(48-44)35-21-8-11-24-38(35)49-37-23-10-7-20-33(37)34-26-27-40-41(42(34)49)36-22-9-12-25-39(36)50-40/h1-28,45H,(H,46,47,48). The zero-order chi connectivity index (χ0) is 33.0. The van der Waals surface area contributed by atoms with Crippen molar-refractivity contribution in [3.63, 3.8) is 0 Å². The zero-order valence-corrected chi connectivity index (χ0v) is 27.8. The fourth-order valence-corrected chi connectivity index (χ4v) is 8.49. The Bertz CT molecular complexity index is 2790. The molecule has 0 saturated carbocycles. The van der Waals surface area contributed by atoms with Crippen LogP contribution in [0.25, 0.3) is 58.8 Å². The van der Waals surface area contributed by atoms with Crippen LogP contribution in [-0.4, -0.2) is 16.2 Å². The number of benzene rings is 7. The number of para-hydroxylation sites is 2. The van der Waals surface area contributed by atoms with Gasteiger partial charge in [0.05, 0.1) is 16.7 Å². The van der Waals surface area contributed by atoms with E-state index in [0.717, 1.165) is 39.6 Å². The lowest BCUT2D eigenvalue weighted by atomic mass is 10.0. The van der Waals surface area contributed by atoms with E-state index in [1.54, 1.807) is 0 Å². The van der Waals surface area contributed by atoms with Crippen LogP contribution in [0.1, 0.15) is 22.9 Å². The fourth-order valence-electron chi connectivity index (χ4n) is 7.38. The van der Waals surface area contributed by atoms with Crippen molar-refractivity contribution in [1.29, 1.82) is 0 Å². The van der Waals surface area contributed by atoms with Gasteiger partial charge < -0.3 is 9.88 Å². The van der Waals surface area contributed by atoms with E-state index in [9.17, 15) is 0 Å². The average Bonchev–Trinajstić information content (AvgIpc) is 3.74. The summed E-state index contributed by atoms with van der Waals surface area (Å²) in [5.74, 6) is 1.60. The second-order valence-corrected chi connectivity index (χ2v) is 13.7. The SMILES string of the molecule is c1ccc(C2=NC(c3ccccc3-n3c4ccccc4c4ccc5sc6ccccc6c5c43)N=C(c3cccc(-c4ccccc4)c3)N2)cc1. The van der Waals surface area contributed by atoms with Crippen LogP contribution in [0.15, 0.2) is 180 Å². The molecule has 5 heteroatoms. The summed E-state index contributed by atoms with van der Waals surface area (Å²) in [7, 11) is 0. The molecule has 1 aliphatic rings. The molecular formula is C45H30N4S. The highest BCUT2D eigenvalue weighted by atomic mass is 32.1. The van der Waals surface area contributed by atoms with Crippen molar-refractivity contribution < 1.29 is 0 Å². The van der Waals surface area contributed by atoms with Crippen LogP contribution in [0.5, 0.6) is 0 Å². The summed E-state index contributed by atoms with van der Waals surface area (Å²) in [5.41, 5.74) is 8.84. The highest BCUT2D eigenvalue weighted by molar-refractivity contribution is 7.26. The molecule has 0 amide bonds. The molecule has 236 valence electrons. The third-order valence-electron chi connectivity index (χ3n) is 9.66. The number of thiophene rings is 1. The maximum Gasteiger partial charge on any atom is 0.171 e. The number of hydrogen-bond acceptors (Lipinski definition) is 4. The van der Waals surface area contributed by atoms with Gasteiger partial charge in [-0.2, -0.15) is 0 Å². The Labute approximate surface area is 293 Å². The van der Waals surface area contributed by atoms with Crippen LogP contribution in [-0.2, 0) is 0 Å². The highest BCUT2D eigenvalue weighted by Crippen LogP contribution is 2.44. The van der Waals surface area contributed by atoms with E-state index in [0.29, 0.717) is 0 Å². The van der Waals surface area contributed by atoms with Gasteiger partial charge in [-0.15, -0.1) is 11.3 Å². The Kier molecular flexibility index (Phi) is 6.71. The smallest absolute Gasteiger partial charge is 0.171 e. The van der Waals surface area contributed by atoms with Crippen molar-refractivity contribution >= 4 is 65.0 Å². The molecule has 1 N–H and O–H groups in total. The van der Waals surface area contributed by atoms with Gasteiger partial charge in [0.25, 0.3) is 0 Å². The molecule has 1 atom stereocenters. The number of aliphatic imine (C=N–C) groups is 2. The van der Waals surface area contributed by atoms with E-state index in [1.165, 1.54) is 47.5 Å². The molecule has 1 unspecified atom stereocenters. The van der Waals surface area contributed by atoms with Gasteiger partial charge in [-0.1, -0.05) is 140 Å². The van der Waals surface area contributed by atoms with Gasteiger partial charge in [-0.25, -0.2) is 9.98 Å². The molecule has 7 aromatic carbocycles. The maximum atomic E-state index is 5.37. The first kappa shape index (κ1) is 28.7. The number of fused-ring (bicyclic) bond motifs is 7. The second kappa shape index (κ2) is 11.7. The summed E-state index contributed by atoms with van der Waals surface area (Å²) >= 11 is 1.85. The minimum Gasteiger partial charge on any atom is -0.324 e. The quantitative estimate of drug-likeness (QED) is 0.196. The molecular weight excluding hydrogens is 629 g/mol. The van der Waals surface area contributed by atoms with Crippen LogP contribution in [0.3, 0.4) is 0 Å². The third kappa shape index (κ3) is 4.66. The Balaban J connectivity index is 1.22. The Morgan fingerprint density at radius 1 is 0.480 bits per heavy atom. The Hall–Kier alpha value is -6.30. The van der Waals surface area contributed by atoms with E-state index < -0.39 is 6.17 Å². The monoisotopic (exact) mass is 658 g/mol. The molecule has 1 aliphatic heterocycles. The van der Waals surface area contributed by atoms with Crippen LogP contribution >= 0.6 is 11.3 Å². The summed E-state index contributed by atoms with van der Waals surface area (Å²) in [6.07, 6.45) is -0.479. The number of aromatic nitrogens is 1. The molecule has 0 fully saturated rings. The molecule has 9 aromatic rings. The maximum absolute atomic E-state index is 5.37. The van der Waals surface area contributed by atoms with Crippen molar-refractivity contribution in [3.8, 4) is 16.8 Å². The molecule has 0 bridgehead atoms. The summed E-state index contributed by atoms with van der Waals surface area (Å²) in [4.78, 5) is 10.7. The number of amidine groups is 2. The van der Waals surface area contributed by atoms with Crippen LogP contribution < -0.4 is 5.32 Å². The molecule has 3 heterocycles. The zero-order valence-electron chi connectivity index (χ0n) is 27.0. The van der Waals surface area contributed by atoms with Gasteiger partial charge in [0.2, 0.25) is 0 Å². The lowest BCUT2D eigenvalue weighted by Gasteiger charge is -2.24. The largest absolute Gasteiger partial charge is 0.324 e. The second-order valence-electron chi connectivity index (χ2n) is 12.6. The fraction of sp³-hybridized carbons (Fsp3) is 0.0222. The first-order valence-electron chi connectivity index (χ1n) is 16.9. The summed E-state index contributed by atoms with van der Waals surface area (Å²) < 4.78 is 5.03. The molecule has 0 radical (unpaired) electrons. The highest BCUT2D eigenvalue weighted by Gasteiger charge is 2.25. The minimum absolute atomic E-state index is 0.479. The lowest BCUT2D eigenvalue weighted by molar-refractivity contribution is 0.750. The average molecular weight is 659 g/mol. The van der Waals surface area contributed by atoms with Crippen LogP contribution in [0, 0.1) is 0 Å². The van der Waals surface area contributed by atoms with Crippen molar-refractivity contribution in [1.82, 2.24) is 9.88 Å². The van der Waals surface area contributed by atoms with Crippen molar-refractivity contribution in [3.05, 3.63) is 187 Å². The molecule has 0 saturated heterocycles. The molecule has 10 rings (SSSR count).